The van der Waals surface area contributed by atoms with Gasteiger partial charge < -0.3 is 10.1 Å². The average Bonchev–Trinajstić information content (AvgIpc) is 2.32. The fourth-order valence-electron chi connectivity index (χ4n) is 1.56. The van der Waals surface area contributed by atoms with Crippen LogP contribution in [0.3, 0.4) is 0 Å². The third kappa shape index (κ3) is 7.96. The maximum Gasteiger partial charge on any atom is 0.0887 e. The molecule has 0 aliphatic carbocycles. The molecule has 108 valence electrons. The molecular formula is C16H28N2O. The lowest BCUT2D eigenvalue weighted by molar-refractivity contribution is 0.108. The van der Waals surface area contributed by atoms with Crippen molar-refractivity contribution < 1.29 is 4.74 Å². The van der Waals surface area contributed by atoms with Gasteiger partial charge in [0.15, 0.2) is 0 Å². The van der Waals surface area contributed by atoms with E-state index in [0.717, 1.165) is 31.0 Å². The molecule has 3 heteroatoms. The number of hydrogen-bond donors (Lipinski definition) is 1. The van der Waals surface area contributed by atoms with Gasteiger partial charge in [0.05, 0.1) is 18.0 Å². The van der Waals surface area contributed by atoms with Crippen LogP contribution >= 0.6 is 0 Å². The van der Waals surface area contributed by atoms with Gasteiger partial charge >= 0.3 is 0 Å². The molecule has 0 amide bonds. The Morgan fingerprint density at radius 1 is 1.21 bits per heavy atom. The van der Waals surface area contributed by atoms with Crippen LogP contribution in [0.1, 0.15) is 52.4 Å². The molecule has 0 aromatic carbocycles. The number of ether oxygens (including phenoxy) is 1. The van der Waals surface area contributed by atoms with Crippen molar-refractivity contribution in [2.24, 2.45) is 5.92 Å². The Bertz CT molecular complexity index is 369. The standard InChI is InChI=1S/C16H28N2O/c1-13(2)9-10-19-12-15-8-6-7-14(18-15)11-17-16(3,4)5/h6-8,13,17H,9-12H2,1-5H3. The fraction of sp³-hybridized carbons (Fsp3) is 0.688. The first-order chi connectivity index (χ1) is 8.87. The molecule has 0 bridgehead atoms. The molecule has 19 heavy (non-hydrogen) atoms. The second-order valence-corrected chi connectivity index (χ2v) is 6.46. The van der Waals surface area contributed by atoms with Crippen molar-refractivity contribution in [3.63, 3.8) is 0 Å². The first-order valence-electron chi connectivity index (χ1n) is 7.14. The summed E-state index contributed by atoms with van der Waals surface area (Å²) in [4.78, 5) is 4.60. The van der Waals surface area contributed by atoms with Gasteiger partial charge in [0, 0.05) is 18.7 Å². The van der Waals surface area contributed by atoms with Crippen LogP contribution < -0.4 is 5.32 Å². The lowest BCUT2D eigenvalue weighted by Gasteiger charge is -2.20. The van der Waals surface area contributed by atoms with Crippen molar-refractivity contribution in [1.82, 2.24) is 10.3 Å². The van der Waals surface area contributed by atoms with Gasteiger partial charge in [0.25, 0.3) is 0 Å². The molecule has 1 aromatic rings. The Kier molecular flexibility index (Phi) is 6.46. The molecule has 1 rings (SSSR count). The first kappa shape index (κ1) is 16.1. The minimum Gasteiger partial charge on any atom is -0.375 e. The summed E-state index contributed by atoms with van der Waals surface area (Å²) in [7, 11) is 0. The van der Waals surface area contributed by atoms with Crippen molar-refractivity contribution in [2.45, 2.75) is 59.7 Å². The summed E-state index contributed by atoms with van der Waals surface area (Å²) >= 11 is 0. The van der Waals surface area contributed by atoms with Gasteiger partial charge in [0.1, 0.15) is 0 Å². The molecule has 0 spiro atoms. The van der Waals surface area contributed by atoms with Crippen LogP contribution in [0.2, 0.25) is 0 Å². The Labute approximate surface area is 117 Å². The van der Waals surface area contributed by atoms with Crippen molar-refractivity contribution in [3.8, 4) is 0 Å². The molecule has 0 unspecified atom stereocenters. The number of aromatic nitrogens is 1. The van der Waals surface area contributed by atoms with Gasteiger partial charge in [-0.1, -0.05) is 19.9 Å². The first-order valence-corrected chi connectivity index (χ1v) is 7.14. The van der Waals surface area contributed by atoms with E-state index in [0.29, 0.717) is 12.5 Å². The van der Waals surface area contributed by atoms with Crippen LogP contribution in [0.4, 0.5) is 0 Å². The smallest absolute Gasteiger partial charge is 0.0887 e. The van der Waals surface area contributed by atoms with E-state index >= 15 is 0 Å². The van der Waals surface area contributed by atoms with E-state index in [-0.39, 0.29) is 5.54 Å². The van der Waals surface area contributed by atoms with E-state index in [4.69, 9.17) is 4.74 Å². The highest BCUT2D eigenvalue weighted by Gasteiger charge is 2.09. The SMILES string of the molecule is CC(C)CCOCc1cccc(CNC(C)(C)C)n1. The second-order valence-electron chi connectivity index (χ2n) is 6.46. The second kappa shape index (κ2) is 7.61. The number of rotatable bonds is 7. The minimum atomic E-state index is 0.117. The Morgan fingerprint density at radius 3 is 2.53 bits per heavy atom. The molecule has 3 nitrogen and oxygen atoms in total. The third-order valence-corrected chi connectivity index (χ3v) is 2.75. The highest BCUT2D eigenvalue weighted by Crippen LogP contribution is 2.06. The van der Waals surface area contributed by atoms with Gasteiger partial charge in [0.2, 0.25) is 0 Å². The van der Waals surface area contributed by atoms with Gasteiger partial charge in [-0.05, 0) is 45.2 Å². The van der Waals surface area contributed by atoms with E-state index in [1.165, 1.54) is 0 Å². The van der Waals surface area contributed by atoms with Gasteiger partial charge in [-0.3, -0.25) is 4.98 Å². The fourth-order valence-corrected chi connectivity index (χ4v) is 1.56. The summed E-state index contributed by atoms with van der Waals surface area (Å²) < 4.78 is 5.65. The van der Waals surface area contributed by atoms with Crippen molar-refractivity contribution in [2.75, 3.05) is 6.61 Å². The molecule has 1 heterocycles. The van der Waals surface area contributed by atoms with E-state index < -0.39 is 0 Å². The predicted octanol–water partition coefficient (Wildman–Crippen LogP) is 3.53. The third-order valence-electron chi connectivity index (χ3n) is 2.75. The number of pyridine rings is 1. The highest BCUT2D eigenvalue weighted by atomic mass is 16.5. The van der Waals surface area contributed by atoms with Gasteiger partial charge in [-0.25, -0.2) is 0 Å². The van der Waals surface area contributed by atoms with Crippen LogP contribution in [0.5, 0.6) is 0 Å². The molecule has 1 N–H and O–H groups in total. The summed E-state index contributed by atoms with van der Waals surface area (Å²) in [5.41, 5.74) is 2.20. The Morgan fingerprint density at radius 2 is 1.89 bits per heavy atom. The maximum absolute atomic E-state index is 5.65. The van der Waals surface area contributed by atoms with Crippen LogP contribution in [0.15, 0.2) is 18.2 Å². The lowest BCUT2D eigenvalue weighted by atomic mass is 10.1. The largest absolute Gasteiger partial charge is 0.375 e. The molecule has 0 aliphatic heterocycles. The molecule has 0 atom stereocenters. The predicted molar refractivity (Wildman–Crippen MR) is 79.9 cm³/mol. The molecule has 0 radical (unpaired) electrons. The topological polar surface area (TPSA) is 34.1 Å². The van der Waals surface area contributed by atoms with Crippen LogP contribution in [-0.4, -0.2) is 17.1 Å². The Balaban J connectivity index is 2.39. The number of nitrogens with one attached hydrogen (secondary N) is 1. The van der Waals surface area contributed by atoms with Crippen LogP contribution in [-0.2, 0) is 17.9 Å². The average molecular weight is 264 g/mol. The van der Waals surface area contributed by atoms with Gasteiger partial charge in [-0.15, -0.1) is 0 Å². The zero-order valence-corrected chi connectivity index (χ0v) is 13.0. The molecular weight excluding hydrogens is 236 g/mol. The maximum atomic E-state index is 5.65. The van der Waals surface area contributed by atoms with Crippen LogP contribution in [0.25, 0.3) is 0 Å². The van der Waals surface area contributed by atoms with Crippen LogP contribution in [0, 0.1) is 5.92 Å². The van der Waals surface area contributed by atoms with E-state index in [2.05, 4.69) is 51.0 Å². The highest BCUT2D eigenvalue weighted by molar-refractivity contribution is 5.10. The summed E-state index contributed by atoms with van der Waals surface area (Å²) in [5.74, 6) is 0.690. The van der Waals surface area contributed by atoms with Crippen molar-refractivity contribution in [3.05, 3.63) is 29.6 Å². The van der Waals surface area contributed by atoms with E-state index in [1.54, 1.807) is 0 Å². The molecule has 0 saturated carbocycles. The summed E-state index contributed by atoms with van der Waals surface area (Å²) in [6.45, 7) is 13.1. The van der Waals surface area contributed by atoms with E-state index in [1.807, 2.05) is 12.1 Å². The van der Waals surface area contributed by atoms with E-state index in [9.17, 15) is 0 Å². The summed E-state index contributed by atoms with van der Waals surface area (Å²) in [5, 5.41) is 3.44. The molecule has 1 aromatic heterocycles. The lowest BCUT2D eigenvalue weighted by Crippen LogP contribution is -2.35. The zero-order chi connectivity index (χ0) is 14.3. The summed E-state index contributed by atoms with van der Waals surface area (Å²) in [6, 6.07) is 6.13. The monoisotopic (exact) mass is 264 g/mol. The summed E-state index contributed by atoms with van der Waals surface area (Å²) in [6.07, 6.45) is 1.10. The van der Waals surface area contributed by atoms with Gasteiger partial charge in [-0.2, -0.15) is 0 Å². The molecule has 0 aliphatic rings. The zero-order valence-electron chi connectivity index (χ0n) is 13.0. The Hall–Kier alpha value is -0.930. The van der Waals surface area contributed by atoms with Crippen molar-refractivity contribution in [1.29, 1.82) is 0 Å². The molecule has 0 saturated heterocycles. The minimum absolute atomic E-state index is 0.117. The number of hydrogen-bond acceptors (Lipinski definition) is 3. The normalized spacial score (nSPS) is 12.1. The molecule has 0 fully saturated rings. The quantitative estimate of drug-likeness (QED) is 0.765. The van der Waals surface area contributed by atoms with Crippen molar-refractivity contribution >= 4 is 0 Å². The number of nitrogens with zero attached hydrogens (tertiary/aromatic N) is 1.